The summed E-state index contributed by atoms with van der Waals surface area (Å²) in [5.74, 6) is -0.910. The van der Waals surface area contributed by atoms with Crippen LogP contribution in [0, 0.1) is 0 Å². The number of nitrogens with one attached hydrogen (secondary N) is 1. The number of hydrogen-bond acceptors (Lipinski definition) is 8. The normalized spacial score (nSPS) is 33.9. The molecule has 2 saturated heterocycles. The Morgan fingerprint density at radius 3 is 1.97 bits per heavy atom. The van der Waals surface area contributed by atoms with Gasteiger partial charge in [-0.3, -0.25) is 0 Å². The molecule has 2 saturated carbocycles. The highest BCUT2D eigenvalue weighted by atomic mass is 16.7. The number of aliphatic hydroxyl groups excluding tert-OH is 2. The highest BCUT2D eigenvalue weighted by Gasteiger charge is 2.45. The van der Waals surface area contributed by atoms with Gasteiger partial charge >= 0.3 is 0 Å². The lowest BCUT2D eigenvalue weighted by Crippen LogP contribution is -2.51. The van der Waals surface area contributed by atoms with E-state index in [0.717, 1.165) is 32.2 Å². The molecule has 8 nitrogen and oxygen atoms in total. The summed E-state index contributed by atoms with van der Waals surface area (Å²) in [6.07, 6.45) is 3.60. The molecule has 2 aliphatic heterocycles. The lowest BCUT2D eigenvalue weighted by Gasteiger charge is -2.39. The Hall–Kier alpha value is -1.10. The van der Waals surface area contributed by atoms with Gasteiger partial charge in [0.25, 0.3) is 0 Å². The smallest absolute Gasteiger partial charge is 0.170 e. The second kappa shape index (κ2) is 10.2. The zero-order chi connectivity index (χ0) is 21.7. The van der Waals surface area contributed by atoms with Crippen molar-refractivity contribution in [3.05, 3.63) is 35.9 Å². The van der Waals surface area contributed by atoms with Crippen LogP contribution in [0.15, 0.2) is 30.3 Å². The van der Waals surface area contributed by atoms with Crippen LogP contribution in [0.4, 0.5) is 0 Å². The Morgan fingerprint density at radius 1 is 0.839 bits per heavy atom. The number of benzene rings is 1. The zero-order valence-electron chi connectivity index (χ0n) is 18.1. The standard InChI is InChI=1S/C15H21NO3.C8H15NO3/c17-14-6-7-15(18-8-9-19-15)10-13(14)16-11-12-4-2-1-3-5-12;9-6-5-8(2-1-7(6)10)11-3-4-12-8/h1-5,13-14,16-17H,6-11H2;6-7,10H,1-5,9H2/t13-,14-;6-,7-/m11/s1. The summed E-state index contributed by atoms with van der Waals surface area (Å²) in [6.45, 7) is 3.41. The van der Waals surface area contributed by atoms with Crippen LogP contribution in [-0.4, -0.2) is 72.5 Å². The summed E-state index contributed by atoms with van der Waals surface area (Å²) in [5.41, 5.74) is 6.95. The first-order valence-corrected chi connectivity index (χ1v) is 11.4. The highest BCUT2D eigenvalue weighted by molar-refractivity contribution is 5.14. The number of rotatable bonds is 3. The number of ether oxygens (including phenoxy) is 4. The molecule has 4 fully saturated rings. The fourth-order valence-electron chi connectivity index (χ4n) is 4.89. The average molecular weight is 437 g/mol. The molecule has 0 aromatic heterocycles. The van der Waals surface area contributed by atoms with E-state index in [9.17, 15) is 10.2 Å². The topological polar surface area (TPSA) is 115 Å². The maximum absolute atomic E-state index is 10.1. The van der Waals surface area contributed by atoms with Crippen LogP contribution >= 0.6 is 0 Å². The first-order valence-electron chi connectivity index (χ1n) is 11.4. The summed E-state index contributed by atoms with van der Waals surface area (Å²) >= 11 is 0. The van der Waals surface area contributed by atoms with Crippen molar-refractivity contribution in [2.45, 2.75) is 80.9 Å². The van der Waals surface area contributed by atoms with Crippen LogP contribution in [0.3, 0.4) is 0 Å². The zero-order valence-corrected chi connectivity index (χ0v) is 18.1. The van der Waals surface area contributed by atoms with Gasteiger partial charge in [0.05, 0.1) is 38.6 Å². The van der Waals surface area contributed by atoms with Crippen LogP contribution in [0.5, 0.6) is 0 Å². The second-order valence-electron chi connectivity index (χ2n) is 8.97. The Bertz CT molecular complexity index is 678. The van der Waals surface area contributed by atoms with Crippen LogP contribution < -0.4 is 11.1 Å². The predicted molar refractivity (Wildman–Crippen MR) is 114 cm³/mol. The molecular weight excluding hydrogens is 400 g/mol. The number of hydrogen-bond donors (Lipinski definition) is 4. The van der Waals surface area contributed by atoms with Gasteiger partial charge in [0.2, 0.25) is 0 Å². The van der Waals surface area contributed by atoms with E-state index < -0.39 is 11.6 Å². The molecule has 0 amide bonds. The van der Waals surface area contributed by atoms with Crippen LogP contribution in [0.2, 0.25) is 0 Å². The summed E-state index contributed by atoms with van der Waals surface area (Å²) in [4.78, 5) is 0. The lowest BCUT2D eigenvalue weighted by molar-refractivity contribution is -0.194. The minimum absolute atomic E-state index is 0.0343. The van der Waals surface area contributed by atoms with E-state index in [1.807, 2.05) is 18.2 Å². The molecule has 5 rings (SSSR count). The molecule has 0 bridgehead atoms. The molecule has 1 aromatic rings. The molecule has 1 aromatic carbocycles. The maximum Gasteiger partial charge on any atom is 0.170 e. The summed E-state index contributed by atoms with van der Waals surface area (Å²) < 4.78 is 22.5. The monoisotopic (exact) mass is 436 g/mol. The third-order valence-electron chi connectivity index (χ3n) is 6.72. The number of aliphatic hydroxyl groups is 2. The maximum atomic E-state index is 10.1. The fourth-order valence-corrected chi connectivity index (χ4v) is 4.89. The first kappa shape index (κ1) is 23.1. The molecule has 8 heteroatoms. The minimum atomic E-state index is -0.460. The van der Waals surface area contributed by atoms with Crippen molar-refractivity contribution < 1.29 is 29.2 Å². The molecule has 174 valence electrons. The molecule has 2 aliphatic carbocycles. The van der Waals surface area contributed by atoms with E-state index in [0.29, 0.717) is 39.3 Å². The van der Waals surface area contributed by atoms with Gasteiger partial charge < -0.3 is 40.2 Å². The Labute approximate surface area is 184 Å². The van der Waals surface area contributed by atoms with Gasteiger partial charge in [0.1, 0.15) is 0 Å². The third-order valence-corrected chi connectivity index (χ3v) is 6.72. The van der Waals surface area contributed by atoms with Crippen LogP contribution in [-0.2, 0) is 25.5 Å². The van der Waals surface area contributed by atoms with Gasteiger partial charge in [0, 0.05) is 44.3 Å². The van der Waals surface area contributed by atoms with Crippen molar-refractivity contribution in [2.75, 3.05) is 26.4 Å². The largest absolute Gasteiger partial charge is 0.392 e. The highest BCUT2D eigenvalue weighted by Crippen LogP contribution is 2.36. The third kappa shape index (κ3) is 5.83. The van der Waals surface area contributed by atoms with Gasteiger partial charge in [-0.1, -0.05) is 30.3 Å². The molecule has 0 radical (unpaired) electrons. The van der Waals surface area contributed by atoms with E-state index >= 15 is 0 Å². The van der Waals surface area contributed by atoms with Crippen molar-refractivity contribution in [3.63, 3.8) is 0 Å². The molecule has 0 unspecified atom stereocenters. The Balaban J connectivity index is 0.000000166. The SMILES string of the molecule is N[C@@H]1CC2(CC[C@H]1O)OCCO2.O[C@@H]1CCC2(C[C@H]1NCc1ccccc1)OCCO2. The van der Waals surface area contributed by atoms with Crippen LogP contribution in [0.25, 0.3) is 0 Å². The van der Waals surface area contributed by atoms with Gasteiger partial charge in [-0.2, -0.15) is 0 Å². The van der Waals surface area contributed by atoms with Gasteiger partial charge in [-0.25, -0.2) is 0 Å². The van der Waals surface area contributed by atoms with E-state index in [1.165, 1.54) is 5.56 Å². The average Bonchev–Trinajstić information content (AvgIpc) is 3.43. The Kier molecular flexibility index (Phi) is 7.61. The molecule has 2 heterocycles. The van der Waals surface area contributed by atoms with Crippen molar-refractivity contribution >= 4 is 0 Å². The summed E-state index contributed by atoms with van der Waals surface area (Å²) in [5, 5.41) is 22.9. The van der Waals surface area contributed by atoms with Crippen molar-refractivity contribution in [1.82, 2.24) is 5.32 Å². The van der Waals surface area contributed by atoms with E-state index in [1.54, 1.807) is 0 Å². The predicted octanol–water partition coefficient (Wildman–Crippen LogP) is 1.03. The molecule has 5 N–H and O–H groups in total. The van der Waals surface area contributed by atoms with Crippen molar-refractivity contribution in [1.29, 1.82) is 0 Å². The molecular formula is C23H36N2O6. The van der Waals surface area contributed by atoms with Crippen molar-refractivity contribution in [2.24, 2.45) is 5.73 Å². The summed E-state index contributed by atoms with van der Waals surface area (Å²) in [6, 6.07) is 10.1. The second-order valence-corrected chi connectivity index (χ2v) is 8.97. The van der Waals surface area contributed by atoms with E-state index in [2.05, 4.69) is 17.4 Å². The van der Waals surface area contributed by atoms with Gasteiger partial charge in [-0.15, -0.1) is 0 Å². The fraction of sp³-hybridized carbons (Fsp3) is 0.739. The summed E-state index contributed by atoms with van der Waals surface area (Å²) in [7, 11) is 0. The van der Waals surface area contributed by atoms with E-state index in [4.69, 9.17) is 24.7 Å². The van der Waals surface area contributed by atoms with E-state index in [-0.39, 0.29) is 24.3 Å². The first-order chi connectivity index (χ1) is 15.0. The Morgan fingerprint density at radius 2 is 1.39 bits per heavy atom. The quantitative estimate of drug-likeness (QED) is 0.556. The number of nitrogens with two attached hydrogens (primary N) is 1. The molecule has 4 atom stereocenters. The van der Waals surface area contributed by atoms with Crippen molar-refractivity contribution in [3.8, 4) is 0 Å². The van der Waals surface area contributed by atoms with Crippen LogP contribution in [0.1, 0.15) is 44.1 Å². The van der Waals surface area contributed by atoms with Gasteiger partial charge in [0.15, 0.2) is 11.6 Å². The molecule has 4 aliphatic rings. The lowest BCUT2D eigenvalue weighted by atomic mass is 9.87. The molecule has 31 heavy (non-hydrogen) atoms. The minimum Gasteiger partial charge on any atom is -0.392 e. The van der Waals surface area contributed by atoms with Gasteiger partial charge in [-0.05, 0) is 18.4 Å². The molecule has 2 spiro atoms.